The molecule has 2 bridgehead atoms. The number of likely N-dealkylation sites (tertiary alicyclic amines) is 1. The van der Waals surface area contributed by atoms with E-state index in [-0.39, 0.29) is 35.6 Å². The normalized spacial score (nSPS) is 30.2. The zero-order valence-electron chi connectivity index (χ0n) is 16.2. The molecule has 0 spiro atoms. The van der Waals surface area contributed by atoms with E-state index >= 15 is 0 Å². The highest BCUT2D eigenvalue weighted by molar-refractivity contribution is 9.10. The average molecular weight is 475 g/mol. The highest BCUT2D eigenvalue weighted by Crippen LogP contribution is 2.46. The van der Waals surface area contributed by atoms with Crippen LogP contribution in [0, 0.1) is 17.8 Å². The number of halogens is 1. The number of carbonyl (C=O) groups excluding carboxylic acids is 1. The first kappa shape index (κ1) is 19.3. The maximum Gasteiger partial charge on any atom is 0.407 e. The molecular formula is C20H23BrN6O3. The molecule has 1 unspecified atom stereocenters. The molecule has 5 atom stereocenters. The van der Waals surface area contributed by atoms with Gasteiger partial charge < -0.3 is 26.0 Å². The van der Waals surface area contributed by atoms with Gasteiger partial charge in [0.15, 0.2) is 5.65 Å². The van der Waals surface area contributed by atoms with E-state index in [9.17, 15) is 14.7 Å². The van der Waals surface area contributed by atoms with Crippen molar-refractivity contribution in [1.29, 1.82) is 0 Å². The zero-order valence-corrected chi connectivity index (χ0v) is 17.8. The molecule has 2 aromatic rings. The number of allylic oxidation sites excluding steroid dienone is 1. The fourth-order valence-electron chi connectivity index (χ4n) is 5.23. The van der Waals surface area contributed by atoms with Gasteiger partial charge in [-0.05, 0) is 47.0 Å². The Bertz CT molecular complexity index is 1050. The number of H-pyrrole nitrogens is 1. The summed E-state index contributed by atoms with van der Waals surface area (Å²) in [5.74, 6) is 0.644. The molecule has 1 aliphatic heterocycles. The van der Waals surface area contributed by atoms with Crippen LogP contribution in [0.15, 0.2) is 22.8 Å². The Labute approximate surface area is 181 Å². The standard InChI is InChI=1S/C20H23BrN6O3/c21-12-7-23-19-16(25-18(26-19)11-2-1-5-27(8-11)20(29)30)15(12)24-14-10-4-3-9(6-10)13(14)17(22)28/h3-4,7,9-11,13-14H,1-2,5-6,8H2,(H2,22,28)(H,29,30)(H2,23,24,25,26)/t9-,10+,11?,13+,14-/m1/s1. The second kappa shape index (κ2) is 7.26. The molecule has 0 radical (unpaired) electrons. The van der Waals surface area contributed by atoms with E-state index in [4.69, 9.17) is 5.73 Å². The first-order chi connectivity index (χ1) is 14.4. The van der Waals surface area contributed by atoms with E-state index < -0.39 is 6.09 Å². The van der Waals surface area contributed by atoms with Gasteiger partial charge in [0.25, 0.3) is 0 Å². The molecule has 1 saturated carbocycles. The molecule has 158 valence electrons. The van der Waals surface area contributed by atoms with Crippen molar-refractivity contribution in [2.45, 2.75) is 31.2 Å². The maximum atomic E-state index is 12.1. The summed E-state index contributed by atoms with van der Waals surface area (Å²) in [4.78, 5) is 37.3. The monoisotopic (exact) mass is 474 g/mol. The van der Waals surface area contributed by atoms with Crippen LogP contribution in [0.2, 0.25) is 0 Å². The lowest BCUT2D eigenvalue weighted by molar-refractivity contribution is -0.122. The lowest BCUT2D eigenvalue weighted by atomic mass is 9.88. The Morgan fingerprint density at radius 2 is 2.13 bits per heavy atom. The molecule has 2 aromatic heterocycles. The van der Waals surface area contributed by atoms with Crippen molar-refractivity contribution in [2.75, 3.05) is 18.4 Å². The highest BCUT2D eigenvalue weighted by atomic mass is 79.9. The molecule has 5 rings (SSSR count). The number of amides is 2. The first-order valence-electron chi connectivity index (χ1n) is 10.2. The van der Waals surface area contributed by atoms with Gasteiger partial charge in [-0.3, -0.25) is 4.79 Å². The predicted molar refractivity (Wildman–Crippen MR) is 114 cm³/mol. The SMILES string of the molecule is NC(=O)[C@@H]1[C@H](Nc2c(Br)cnc3nc(C4CCCN(C(=O)O)C4)[nH]c23)[C@H]2C=C[C@@H]1C2. The fraction of sp³-hybridized carbons (Fsp3) is 0.500. The highest BCUT2D eigenvalue weighted by Gasteiger charge is 2.47. The van der Waals surface area contributed by atoms with Crippen molar-refractivity contribution in [2.24, 2.45) is 23.5 Å². The number of nitrogens with zero attached hydrogens (tertiary/aromatic N) is 3. The molecule has 9 nitrogen and oxygen atoms in total. The zero-order chi connectivity index (χ0) is 21.0. The Hall–Kier alpha value is -2.62. The Kier molecular flexibility index (Phi) is 4.68. The third-order valence-electron chi connectivity index (χ3n) is 6.67. The molecule has 3 heterocycles. The van der Waals surface area contributed by atoms with Gasteiger partial charge in [-0.2, -0.15) is 0 Å². The van der Waals surface area contributed by atoms with Crippen LogP contribution >= 0.6 is 15.9 Å². The second-order valence-corrected chi connectivity index (χ2v) is 9.27. The molecule has 3 aliphatic rings. The minimum atomic E-state index is -0.902. The fourth-order valence-corrected chi connectivity index (χ4v) is 5.65. The number of piperidine rings is 1. The maximum absolute atomic E-state index is 12.1. The van der Waals surface area contributed by atoms with Gasteiger partial charge in [0.05, 0.1) is 16.1 Å². The number of pyridine rings is 1. The largest absolute Gasteiger partial charge is 0.465 e. The molecule has 2 amide bonds. The Morgan fingerprint density at radius 1 is 1.33 bits per heavy atom. The number of primary amides is 1. The number of hydrogen-bond donors (Lipinski definition) is 4. The van der Waals surface area contributed by atoms with Gasteiger partial charge in [0.2, 0.25) is 5.91 Å². The lowest BCUT2D eigenvalue weighted by Crippen LogP contribution is -2.41. The van der Waals surface area contributed by atoms with E-state index in [0.717, 1.165) is 40.8 Å². The van der Waals surface area contributed by atoms with E-state index in [2.05, 4.69) is 48.4 Å². The van der Waals surface area contributed by atoms with Crippen molar-refractivity contribution in [3.8, 4) is 0 Å². The van der Waals surface area contributed by atoms with Crippen LogP contribution in [0.1, 0.15) is 31.0 Å². The number of carbonyl (C=O) groups is 2. The van der Waals surface area contributed by atoms with Gasteiger partial charge in [0.1, 0.15) is 11.3 Å². The molecule has 30 heavy (non-hydrogen) atoms. The summed E-state index contributed by atoms with van der Waals surface area (Å²) >= 11 is 3.58. The van der Waals surface area contributed by atoms with Crippen LogP contribution in [0.3, 0.4) is 0 Å². The van der Waals surface area contributed by atoms with E-state index in [1.54, 1.807) is 6.20 Å². The van der Waals surface area contributed by atoms with E-state index in [1.165, 1.54) is 4.90 Å². The van der Waals surface area contributed by atoms with Gasteiger partial charge in [-0.15, -0.1) is 0 Å². The van der Waals surface area contributed by atoms with Gasteiger partial charge >= 0.3 is 6.09 Å². The van der Waals surface area contributed by atoms with Crippen LogP contribution in [0.5, 0.6) is 0 Å². The first-order valence-corrected chi connectivity index (χ1v) is 11.0. The number of rotatable bonds is 4. The molecular weight excluding hydrogens is 452 g/mol. The van der Waals surface area contributed by atoms with Crippen molar-refractivity contribution >= 4 is 44.8 Å². The van der Waals surface area contributed by atoms with Gasteiger partial charge in [0, 0.05) is 31.2 Å². The number of imidazole rings is 1. The number of anilines is 1. The summed E-state index contributed by atoms with van der Waals surface area (Å²) < 4.78 is 0.774. The minimum Gasteiger partial charge on any atom is -0.465 e. The summed E-state index contributed by atoms with van der Waals surface area (Å²) in [6, 6.07) is -0.0802. The second-order valence-electron chi connectivity index (χ2n) is 8.42. The number of nitrogens with one attached hydrogen (secondary N) is 2. The quantitative estimate of drug-likeness (QED) is 0.502. The lowest BCUT2D eigenvalue weighted by Gasteiger charge is -2.29. The van der Waals surface area contributed by atoms with Crippen molar-refractivity contribution in [1.82, 2.24) is 19.9 Å². The Balaban J connectivity index is 1.47. The average Bonchev–Trinajstić information content (AvgIpc) is 3.44. The summed E-state index contributed by atoms with van der Waals surface area (Å²) in [5.41, 5.74) is 7.83. The summed E-state index contributed by atoms with van der Waals surface area (Å²) in [5, 5.41) is 12.9. The molecule has 10 heteroatoms. The smallest absolute Gasteiger partial charge is 0.407 e. The number of nitrogens with two attached hydrogens (primary N) is 1. The number of fused-ring (bicyclic) bond motifs is 3. The number of aromatic nitrogens is 3. The third kappa shape index (κ3) is 3.13. The molecule has 2 fully saturated rings. The molecule has 5 N–H and O–H groups in total. The number of carboxylic acid groups (broad SMARTS) is 1. The number of hydrogen-bond acceptors (Lipinski definition) is 5. The van der Waals surface area contributed by atoms with Crippen LogP contribution in [-0.4, -0.2) is 56.1 Å². The molecule has 1 saturated heterocycles. The van der Waals surface area contributed by atoms with Crippen LogP contribution in [-0.2, 0) is 4.79 Å². The van der Waals surface area contributed by atoms with Crippen molar-refractivity contribution in [3.05, 3.63) is 28.6 Å². The van der Waals surface area contributed by atoms with Crippen LogP contribution in [0.4, 0.5) is 10.5 Å². The van der Waals surface area contributed by atoms with Gasteiger partial charge in [-0.25, -0.2) is 14.8 Å². The van der Waals surface area contributed by atoms with Gasteiger partial charge in [-0.1, -0.05) is 12.2 Å². The predicted octanol–water partition coefficient (Wildman–Crippen LogP) is 2.67. The Morgan fingerprint density at radius 3 is 2.90 bits per heavy atom. The van der Waals surface area contributed by atoms with Crippen LogP contribution < -0.4 is 11.1 Å². The van der Waals surface area contributed by atoms with Crippen LogP contribution in [0.25, 0.3) is 11.2 Å². The summed E-state index contributed by atoms with van der Waals surface area (Å²) in [6.45, 7) is 0.967. The van der Waals surface area contributed by atoms with Crippen molar-refractivity contribution < 1.29 is 14.7 Å². The molecule has 0 aromatic carbocycles. The molecule has 2 aliphatic carbocycles. The summed E-state index contributed by atoms with van der Waals surface area (Å²) in [6.07, 6.45) is 7.65. The summed E-state index contributed by atoms with van der Waals surface area (Å²) in [7, 11) is 0. The third-order valence-corrected chi connectivity index (χ3v) is 7.27. The van der Waals surface area contributed by atoms with E-state index in [0.29, 0.717) is 18.7 Å². The minimum absolute atomic E-state index is 0.000491. The number of aromatic amines is 1. The topological polar surface area (TPSA) is 137 Å². The van der Waals surface area contributed by atoms with E-state index in [1.807, 2.05) is 0 Å². The van der Waals surface area contributed by atoms with Crippen molar-refractivity contribution in [3.63, 3.8) is 0 Å².